The first-order valence-corrected chi connectivity index (χ1v) is 7.95. The summed E-state index contributed by atoms with van der Waals surface area (Å²) >= 11 is 15.6. The van der Waals surface area contributed by atoms with Crippen LogP contribution in [-0.4, -0.2) is 5.78 Å². The Bertz CT molecular complexity index is 511. The minimum absolute atomic E-state index is 0.0225. The lowest BCUT2D eigenvalue weighted by Gasteiger charge is -1.97. The van der Waals surface area contributed by atoms with Crippen LogP contribution < -0.4 is 0 Å². The van der Waals surface area contributed by atoms with Gasteiger partial charge >= 0.3 is 0 Å². The largest absolute Gasteiger partial charge is 0.287 e. The van der Waals surface area contributed by atoms with Gasteiger partial charge in [0.1, 0.15) is 0 Å². The van der Waals surface area contributed by atoms with Crippen LogP contribution in [0.1, 0.15) is 20.1 Å². The molecule has 0 aliphatic heterocycles. The highest BCUT2D eigenvalue weighted by Crippen LogP contribution is 2.37. The van der Waals surface area contributed by atoms with Gasteiger partial charge in [0.2, 0.25) is 5.78 Å². The maximum atomic E-state index is 12.2. The number of halogens is 3. The number of thiophene rings is 2. The monoisotopic (exact) mass is 398 g/mol. The van der Waals surface area contributed by atoms with E-state index in [0.717, 1.165) is 14.5 Å². The fourth-order valence-corrected chi connectivity index (χ4v) is 4.55. The Morgan fingerprint density at radius 3 is 2.31 bits per heavy atom. The number of carbonyl (C=O) groups is 1. The molecule has 2 aromatic rings. The van der Waals surface area contributed by atoms with Crippen molar-refractivity contribution in [2.24, 2.45) is 0 Å². The van der Waals surface area contributed by atoms with Gasteiger partial charge in [-0.25, -0.2) is 0 Å². The van der Waals surface area contributed by atoms with Crippen LogP contribution in [0.4, 0.5) is 0 Å². The van der Waals surface area contributed by atoms with E-state index in [-0.39, 0.29) is 5.78 Å². The third-order valence-electron chi connectivity index (χ3n) is 2.00. The Morgan fingerprint density at radius 1 is 1.25 bits per heavy atom. The van der Waals surface area contributed by atoms with Gasteiger partial charge in [0.25, 0.3) is 0 Å². The summed E-state index contributed by atoms with van der Waals surface area (Å²) < 4.78 is 1.69. The van der Waals surface area contributed by atoms with Crippen molar-refractivity contribution in [1.29, 1.82) is 0 Å². The van der Waals surface area contributed by atoms with Crippen molar-refractivity contribution in [3.05, 3.63) is 40.0 Å². The van der Waals surface area contributed by atoms with Crippen LogP contribution in [0.5, 0.6) is 0 Å². The van der Waals surface area contributed by atoms with Crippen molar-refractivity contribution < 1.29 is 4.79 Å². The molecule has 0 atom stereocenters. The minimum Gasteiger partial charge on any atom is -0.287 e. The molecule has 0 unspecified atom stereocenters. The Hall–Kier alpha value is 0.320. The second-order valence-corrected chi connectivity index (χ2v) is 6.90. The predicted octanol–water partition coefficient (Wildman–Crippen LogP) is 5.53. The maximum absolute atomic E-state index is 12.2. The average molecular weight is 401 g/mol. The molecule has 0 fully saturated rings. The first-order chi connectivity index (χ1) is 7.52. The quantitative estimate of drug-likeness (QED) is 0.606. The Kier molecular flexibility index (Phi) is 3.91. The van der Waals surface area contributed by atoms with E-state index in [2.05, 4.69) is 31.9 Å². The number of ketones is 1. The summed E-state index contributed by atoms with van der Waals surface area (Å²) in [6.07, 6.45) is 0. The van der Waals surface area contributed by atoms with Crippen LogP contribution in [0.25, 0.3) is 0 Å². The smallest absolute Gasteiger partial charge is 0.215 e. The van der Waals surface area contributed by atoms with E-state index in [1.165, 1.54) is 22.7 Å². The fraction of sp³-hybridized carbons (Fsp3) is 0.100. The highest BCUT2D eigenvalue weighted by atomic mass is 79.9. The normalized spacial score (nSPS) is 10.8. The molecule has 16 heavy (non-hydrogen) atoms. The number of aryl methyl sites for hydroxylation is 1. The lowest BCUT2D eigenvalue weighted by atomic mass is 10.2. The average Bonchev–Trinajstić information content (AvgIpc) is 2.74. The second-order valence-electron chi connectivity index (χ2n) is 3.12. The zero-order valence-corrected chi connectivity index (χ0v) is 13.6. The Morgan fingerprint density at radius 2 is 1.88 bits per heavy atom. The highest BCUT2D eigenvalue weighted by molar-refractivity contribution is 9.13. The topological polar surface area (TPSA) is 17.1 Å². The van der Waals surface area contributed by atoms with Crippen molar-refractivity contribution in [3.63, 3.8) is 0 Å². The fourth-order valence-electron chi connectivity index (χ4n) is 1.16. The van der Waals surface area contributed by atoms with Crippen LogP contribution in [-0.2, 0) is 0 Å². The van der Waals surface area contributed by atoms with Gasteiger partial charge in [0.05, 0.1) is 19.2 Å². The van der Waals surface area contributed by atoms with E-state index in [1.54, 1.807) is 0 Å². The van der Waals surface area contributed by atoms with Crippen molar-refractivity contribution in [2.75, 3.05) is 0 Å². The third kappa shape index (κ3) is 2.16. The number of hydrogen-bond donors (Lipinski definition) is 0. The molecule has 0 spiro atoms. The molecule has 0 saturated carbocycles. The summed E-state index contributed by atoms with van der Waals surface area (Å²) in [6, 6.07) is 0. The standard InChI is InChI=1S/C10H5Br2ClOS2/c1-4-2-15-10(7(4)13)8(14)9-6(12)5(11)3-16-9/h2-3H,1H3. The van der Waals surface area contributed by atoms with Crippen molar-refractivity contribution in [2.45, 2.75) is 6.92 Å². The molecule has 6 heteroatoms. The van der Waals surface area contributed by atoms with E-state index in [0.29, 0.717) is 14.8 Å². The highest BCUT2D eigenvalue weighted by Gasteiger charge is 2.21. The van der Waals surface area contributed by atoms with E-state index in [4.69, 9.17) is 11.6 Å². The zero-order chi connectivity index (χ0) is 11.9. The van der Waals surface area contributed by atoms with Gasteiger partial charge in [-0.1, -0.05) is 11.6 Å². The Balaban J connectivity index is 2.47. The van der Waals surface area contributed by atoms with Gasteiger partial charge in [0, 0.05) is 9.85 Å². The molecule has 2 aromatic heterocycles. The maximum Gasteiger partial charge on any atom is 0.215 e. The summed E-state index contributed by atoms with van der Waals surface area (Å²) in [6.45, 7) is 1.90. The molecular formula is C10H5Br2ClOS2. The third-order valence-corrected chi connectivity index (χ3v) is 7.22. The van der Waals surface area contributed by atoms with Crippen molar-refractivity contribution >= 4 is 71.9 Å². The first kappa shape index (κ1) is 12.8. The molecule has 0 amide bonds. The van der Waals surface area contributed by atoms with Crippen LogP contribution >= 0.6 is 66.1 Å². The molecule has 0 aromatic carbocycles. The minimum atomic E-state index is -0.0225. The van der Waals surface area contributed by atoms with Crippen LogP contribution in [0.2, 0.25) is 5.02 Å². The van der Waals surface area contributed by atoms with Gasteiger partial charge < -0.3 is 0 Å². The summed E-state index contributed by atoms with van der Waals surface area (Å²) in [5.74, 6) is -0.0225. The lowest BCUT2D eigenvalue weighted by Crippen LogP contribution is -1.97. The van der Waals surface area contributed by atoms with E-state index < -0.39 is 0 Å². The molecule has 0 bridgehead atoms. The van der Waals surface area contributed by atoms with E-state index >= 15 is 0 Å². The Labute approximate surface area is 123 Å². The molecule has 1 nitrogen and oxygen atoms in total. The molecule has 0 aliphatic carbocycles. The van der Waals surface area contributed by atoms with Crippen LogP contribution in [0, 0.1) is 6.92 Å². The predicted molar refractivity (Wildman–Crippen MR) is 77.2 cm³/mol. The van der Waals surface area contributed by atoms with Gasteiger partial charge in [-0.2, -0.15) is 0 Å². The summed E-state index contributed by atoms with van der Waals surface area (Å²) in [4.78, 5) is 13.5. The van der Waals surface area contributed by atoms with Gasteiger partial charge in [-0.15, -0.1) is 22.7 Å². The number of carbonyl (C=O) groups excluding carboxylic acids is 1. The van der Waals surface area contributed by atoms with Gasteiger partial charge in [0.15, 0.2) is 0 Å². The first-order valence-electron chi connectivity index (χ1n) is 4.23. The van der Waals surface area contributed by atoms with E-state index in [9.17, 15) is 4.79 Å². The molecular weight excluding hydrogens is 396 g/mol. The van der Waals surface area contributed by atoms with E-state index in [1.807, 2.05) is 17.7 Å². The second kappa shape index (κ2) is 4.90. The molecule has 0 aliphatic rings. The molecule has 0 radical (unpaired) electrons. The molecule has 2 rings (SSSR count). The summed E-state index contributed by atoms with van der Waals surface area (Å²) in [5, 5.41) is 4.34. The molecule has 0 N–H and O–H groups in total. The van der Waals surface area contributed by atoms with Gasteiger partial charge in [-0.05, 0) is 49.7 Å². The number of rotatable bonds is 2. The van der Waals surface area contributed by atoms with Gasteiger partial charge in [-0.3, -0.25) is 4.79 Å². The van der Waals surface area contributed by atoms with Crippen molar-refractivity contribution in [3.8, 4) is 0 Å². The van der Waals surface area contributed by atoms with Crippen LogP contribution in [0.15, 0.2) is 19.7 Å². The summed E-state index contributed by atoms with van der Waals surface area (Å²) in [7, 11) is 0. The zero-order valence-electron chi connectivity index (χ0n) is 8.01. The lowest BCUT2D eigenvalue weighted by molar-refractivity contribution is 0.104. The summed E-state index contributed by atoms with van der Waals surface area (Å²) in [5.41, 5.74) is 0.946. The van der Waals surface area contributed by atoms with Crippen LogP contribution in [0.3, 0.4) is 0 Å². The molecule has 0 saturated heterocycles. The molecule has 84 valence electrons. The van der Waals surface area contributed by atoms with Crippen molar-refractivity contribution in [1.82, 2.24) is 0 Å². The SMILES string of the molecule is Cc1csc(C(=O)c2scc(Br)c2Br)c1Cl. The number of hydrogen-bond acceptors (Lipinski definition) is 3. The molecule has 2 heterocycles.